The molecule has 4 N–H and O–H groups in total. The molecule has 1 unspecified atom stereocenters. The van der Waals surface area contributed by atoms with Gasteiger partial charge in [0.05, 0.1) is 6.26 Å². The van der Waals surface area contributed by atoms with Gasteiger partial charge in [-0.25, -0.2) is 5.84 Å². The Hall–Kier alpha value is -1.53. The Morgan fingerprint density at radius 2 is 2.44 bits per heavy atom. The largest absolute Gasteiger partial charge is 0.469 e. The summed E-state index contributed by atoms with van der Waals surface area (Å²) in [7, 11) is 1.68. The number of aliphatic imine (C=N–C) groups is 1. The number of nitrogens with zero attached hydrogens (tertiary/aromatic N) is 1. The van der Waals surface area contributed by atoms with Crippen LogP contribution in [0.1, 0.15) is 19.1 Å². The van der Waals surface area contributed by atoms with Crippen LogP contribution in [-0.2, 0) is 11.2 Å². The van der Waals surface area contributed by atoms with E-state index in [0.717, 1.165) is 18.6 Å². The zero-order valence-corrected chi connectivity index (χ0v) is 11.0. The van der Waals surface area contributed by atoms with E-state index in [2.05, 4.69) is 15.7 Å². The van der Waals surface area contributed by atoms with Gasteiger partial charge in [-0.05, 0) is 25.5 Å². The van der Waals surface area contributed by atoms with Gasteiger partial charge in [-0.1, -0.05) is 0 Å². The Bertz CT molecular complexity index is 338. The summed E-state index contributed by atoms with van der Waals surface area (Å²) in [6.45, 7) is 3.42. The number of hydrogen-bond donors (Lipinski definition) is 3. The first-order chi connectivity index (χ1) is 8.76. The highest BCUT2D eigenvalue weighted by Gasteiger charge is 2.07. The third-order valence-corrected chi connectivity index (χ3v) is 2.38. The molecular formula is C12H22N4O2. The van der Waals surface area contributed by atoms with E-state index in [4.69, 9.17) is 15.0 Å². The molecule has 6 heteroatoms. The van der Waals surface area contributed by atoms with Crippen LogP contribution < -0.4 is 16.6 Å². The van der Waals surface area contributed by atoms with Gasteiger partial charge < -0.3 is 14.5 Å². The molecule has 0 fully saturated rings. The van der Waals surface area contributed by atoms with Crippen LogP contribution in [0.5, 0.6) is 0 Å². The lowest BCUT2D eigenvalue weighted by molar-refractivity contribution is 0.197. The molecular weight excluding hydrogens is 232 g/mol. The Balaban J connectivity index is 2.32. The minimum Gasteiger partial charge on any atom is -0.469 e. The van der Waals surface area contributed by atoms with Gasteiger partial charge in [0.25, 0.3) is 0 Å². The molecule has 6 nitrogen and oxygen atoms in total. The Morgan fingerprint density at radius 1 is 1.61 bits per heavy atom. The van der Waals surface area contributed by atoms with Crippen molar-refractivity contribution >= 4 is 5.96 Å². The first kappa shape index (κ1) is 14.5. The van der Waals surface area contributed by atoms with E-state index >= 15 is 0 Å². The van der Waals surface area contributed by atoms with Crippen LogP contribution in [-0.4, -0.2) is 32.3 Å². The summed E-state index contributed by atoms with van der Waals surface area (Å²) in [6, 6.07) is 4.01. The molecule has 18 heavy (non-hydrogen) atoms. The van der Waals surface area contributed by atoms with Crippen molar-refractivity contribution in [3.63, 3.8) is 0 Å². The summed E-state index contributed by atoms with van der Waals surface area (Å²) in [5, 5.41) is 3.19. The number of rotatable bonds is 7. The van der Waals surface area contributed by atoms with Gasteiger partial charge in [0.1, 0.15) is 5.76 Å². The number of furan rings is 1. The molecule has 0 saturated heterocycles. The van der Waals surface area contributed by atoms with E-state index in [1.165, 1.54) is 0 Å². The van der Waals surface area contributed by atoms with Crippen LogP contribution in [0, 0.1) is 0 Å². The normalized spacial score (nSPS) is 13.4. The van der Waals surface area contributed by atoms with E-state index in [1.54, 1.807) is 13.4 Å². The SMILES string of the molecule is COCCCN=C(NN)NC(C)Cc1ccco1. The molecule has 0 aliphatic heterocycles. The Morgan fingerprint density at radius 3 is 3.06 bits per heavy atom. The predicted molar refractivity (Wildman–Crippen MR) is 71.1 cm³/mol. The first-order valence-electron chi connectivity index (χ1n) is 6.05. The summed E-state index contributed by atoms with van der Waals surface area (Å²) < 4.78 is 10.2. The first-order valence-corrected chi connectivity index (χ1v) is 6.05. The van der Waals surface area contributed by atoms with Crippen LogP contribution in [0.4, 0.5) is 0 Å². The average molecular weight is 254 g/mol. The van der Waals surface area contributed by atoms with Crippen molar-refractivity contribution in [3.8, 4) is 0 Å². The van der Waals surface area contributed by atoms with Crippen molar-refractivity contribution in [1.29, 1.82) is 0 Å². The van der Waals surface area contributed by atoms with Crippen molar-refractivity contribution in [2.24, 2.45) is 10.8 Å². The maximum atomic E-state index is 5.41. The van der Waals surface area contributed by atoms with Crippen molar-refractivity contribution in [3.05, 3.63) is 24.2 Å². The number of nitrogens with two attached hydrogens (primary N) is 1. The standard InChI is InChI=1S/C12H22N4O2/c1-10(9-11-5-3-8-18-11)15-12(16-13)14-6-4-7-17-2/h3,5,8,10H,4,6-7,9,13H2,1-2H3,(H2,14,15,16). The van der Waals surface area contributed by atoms with E-state index in [1.807, 2.05) is 19.1 Å². The number of ether oxygens (including phenoxy) is 1. The molecule has 0 bridgehead atoms. The van der Waals surface area contributed by atoms with Crippen molar-refractivity contribution in [2.75, 3.05) is 20.3 Å². The van der Waals surface area contributed by atoms with Gasteiger partial charge in [-0.15, -0.1) is 0 Å². The molecule has 0 spiro atoms. The lowest BCUT2D eigenvalue weighted by atomic mass is 10.2. The quantitative estimate of drug-likeness (QED) is 0.219. The maximum absolute atomic E-state index is 5.41. The second-order valence-corrected chi connectivity index (χ2v) is 4.05. The van der Waals surface area contributed by atoms with E-state index < -0.39 is 0 Å². The smallest absolute Gasteiger partial charge is 0.205 e. The fraction of sp³-hybridized carbons (Fsp3) is 0.583. The Labute approximate surface area is 108 Å². The van der Waals surface area contributed by atoms with Crippen LogP contribution in [0.15, 0.2) is 27.8 Å². The van der Waals surface area contributed by atoms with E-state index in [-0.39, 0.29) is 6.04 Å². The van der Waals surface area contributed by atoms with Crippen LogP contribution in [0.2, 0.25) is 0 Å². The topological polar surface area (TPSA) is 84.8 Å². The minimum absolute atomic E-state index is 0.188. The summed E-state index contributed by atoms with van der Waals surface area (Å²) in [4.78, 5) is 4.31. The van der Waals surface area contributed by atoms with Crippen molar-refractivity contribution in [1.82, 2.24) is 10.7 Å². The van der Waals surface area contributed by atoms with E-state index in [0.29, 0.717) is 19.1 Å². The number of hydrogen-bond acceptors (Lipinski definition) is 4. The predicted octanol–water partition coefficient (Wildman–Crippen LogP) is 0.656. The van der Waals surface area contributed by atoms with Crippen molar-refractivity contribution < 1.29 is 9.15 Å². The van der Waals surface area contributed by atoms with Crippen LogP contribution >= 0.6 is 0 Å². The van der Waals surface area contributed by atoms with Crippen molar-refractivity contribution in [2.45, 2.75) is 25.8 Å². The second-order valence-electron chi connectivity index (χ2n) is 4.05. The number of methoxy groups -OCH3 is 1. The summed E-state index contributed by atoms with van der Waals surface area (Å²) in [5.74, 6) is 6.94. The lowest BCUT2D eigenvalue weighted by Crippen LogP contribution is -2.46. The lowest BCUT2D eigenvalue weighted by Gasteiger charge is -2.15. The summed E-state index contributed by atoms with van der Waals surface area (Å²) in [6.07, 6.45) is 3.32. The Kier molecular flexibility index (Phi) is 6.90. The molecule has 0 aliphatic rings. The molecule has 1 rings (SSSR count). The van der Waals surface area contributed by atoms with Crippen LogP contribution in [0.25, 0.3) is 0 Å². The molecule has 0 aromatic carbocycles. The number of guanidine groups is 1. The van der Waals surface area contributed by atoms with Gasteiger partial charge in [0, 0.05) is 32.7 Å². The van der Waals surface area contributed by atoms with Gasteiger partial charge in [0.15, 0.2) is 0 Å². The van der Waals surface area contributed by atoms with Gasteiger partial charge in [-0.2, -0.15) is 0 Å². The highest BCUT2D eigenvalue weighted by atomic mass is 16.5. The summed E-state index contributed by atoms with van der Waals surface area (Å²) in [5.41, 5.74) is 2.56. The van der Waals surface area contributed by atoms with Gasteiger partial charge in [-0.3, -0.25) is 10.4 Å². The van der Waals surface area contributed by atoms with E-state index in [9.17, 15) is 0 Å². The zero-order chi connectivity index (χ0) is 13.2. The fourth-order valence-electron chi connectivity index (χ4n) is 1.55. The number of hydrazine groups is 1. The minimum atomic E-state index is 0.188. The number of nitrogens with one attached hydrogen (secondary N) is 2. The fourth-order valence-corrected chi connectivity index (χ4v) is 1.55. The molecule has 0 radical (unpaired) electrons. The molecule has 0 saturated carbocycles. The molecule has 0 aliphatic carbocycles. The third kappa shape index (κ3) is 5.70. The second kappa shape index (κ2) is 8.54. The zero-order valence-electron chi connectivity index (χ0n) is 11.0. The highest BCUT2D eigenvalue weighted by molar-refractivity contribution is 5.79. The average Bonchev–Trinajstić information content (AvgIpc) is 2.85. The molecule has 0 amide bonds. The molecule has 102 valence electrons. The van der Waals surface area contributed by atoms with Crippen LogP contribution in [0.3, 0.4) is 0 Å². The molecule has 1 aromatic rings. The summed E-state index contributed by atoms with van der Waals surface area (Å²) >= 11 is 0. The van der Waals surface area contributed by atoms with Gasteiger partial charge in [0.2, 0.25) is 5.96 Å². The highest BCUT2D eigenvalue weighted by Crippen LogP contribution is 2.03. The maximum Gasteiger partial charge on any atom is 0.205 e. The molecule has 1 atom stereocenters. The molecule has 1 heterocycles. The molecule has 1 aromatic heterocycles. The third-order valence-electron chi connectivity index (χ3n) is 2.38. The monoisotopic (exact) mass is 254 g/mol. The van der Waals surface area contributed by atoms with Gasteiger partial charge >= 0.3 is 0 Å².